The van der Waals surface area contributed by atoms with E-state index in [0.717, 1.165) is 10.9 Å². The number of fused-ring (bicyclic) bond motifs is 1. The molecule has 2 aromatic carbocycles. The summed E-state index contributed by atoms with van der Waals surface area (Å²) in [5.74, 6) is -1.28. The molecule has 1 fully saturated rings. The highest BCUT2D eigenvalue weighted by molar-refractivity contribution is 7.80. The van der Waals surface area contributed by atoms with E-state index in [-0.39, 0.29) is 16.5 Å². The maximum Gasteiger partial charge on any atom is 0.336 e. The Kier molecular flexibility index (Phi) is 3.91. The zero-order chi connectivity index (χ0) is 16.4. The zero-order valence-electron chi connectivity index (χ0n) is 11.8. The Morgan fingerprint density at radius 2 is 1.96 bits per heavy atom. The molecule has 2 N–H and O–H groups in total. The van der Waals surface area contributed by atoms with Crippen LogP contribution in [-0.2, 0) is 9.53 Å². The number of amides is 1. The molecule has 3 rings (SSSR count). The Hall–Kier alpha value is -2.99. The van der Waals surface area contributed by atoms with Crippen molar-refractivity contribution in [1.29, 1.82) is 0 Å². The Labute approximate surface area is 136 Å². The molecule has 0 unspecified atom stereocenters. The number of hydrogen-bond acceptors (Lipinski definition) is 4. The topological polar surface area (TPSA) is 75.6 Å². The zero-order valence-corrected chi connectivity index (χ0v) is 12.6. The molecule has 0 aromatic heterocycles. The highest BCUT2D eigenvalue weighted by atomic mass is 32.1. The summed E-state index contributed by atoms with van der Waals surface area (Å²) in [6.07, 6.45) is 4.83. The average molecular weight is 325 g/mol. The second kappa shape index (κ2) is 6.02. The van der Waals surface area contributed by atoms with E-state index in [1.54, 1.807) is 24.3 Å². The van der Waals surface area contributed by atoms with Gasteiger partial charge in [-0.3, -0.25) is 10.1 Å². The van der Waals surface area contributed by atoms with Gasteiger partial charge >= 0.3 is 5.97 Å². The minimum absolute atomic E-state index is 0.0213. The minimum atomic E-state index is -0.987. The molecule has 114 valence electrons. The summed E-state index contributed by atoms with van der Waals surface area (Å²) < 4.78 is 5.05. The van der Waals surface area contributed by atoms with Crippen molar-refractivity contribution in [1.82, 2.24) is 5.32 Å². The number of carbonyl (C=O) groups is 2. The highest BCUT2D eigenvalue weighted by Crippen LogP contribution is 2.24. The van der Waals surface area contributed by atoms with E-state index < -0.39 is 11.9 Å². The molecule has 0 radical (unpaired) electrons. The van der Waals surface area contributed by atoms with Gasteiger partial charge in [0.15, 0.2) is 5.76 Å². The standard InChI is InChI=1S/C17H11NO4S/c19-15-13(22-17(23)18-15)9-3-7-11-5-1-4-10-6-2-8-12(14(10)11)16(20)21/h1-9H,(H,20,21)(H,18,19,23)/b7-3+,13-9-. The molecule has 5 nitrogen and oxygen atoms in total. The van der Waals surface area contributed by atoms with Crippen LogP contribution in [0.1, 0.15) is 15.9 Å². The minimum Gasteiger partial charge on any atom is -0.478 e. The molecule has 1 heterocycles. The van der Waals surface area contributed by atoms with Crippen molar-refractivity contribution in [2.24, 2.45) is 0 Å². The molecule has 0 atom stereocenters. The van der Waals surface area contributed by atoms with E-state index >= 15 is 0 Å². The summed E-state index contributed by atoms with van der Waals surface area (Å²) in [5, 5.41) is 13.2. The third-order valence-corrected chi connectivity index (χ3v) is 3.52. The Balaban J connectivity index is 2.02. The normalized spacial score (nSPS) is 16.1. The molecule has 1 aliphatic heterocycles. The summed E-state index contributed by atoms with van der Waals surface area (Å²) in [6, 6.07) is 10.6. The van der Waals surface area contributed by atoms with E-state index in [4.69, 9.17) is 17.0 Å². The molecule has 1 saturated heterocycles. The number of hydrogen-bond donors (Lipinski definition) is 2. The number of carboxylic acids is 1. The van der Waals surface area contributed by atoms with Gasteiger partial charge in [0.1, 0.15) is 0 Å². The average Bonchev–Trinajstić information content (AvgIpc) is 2.84. The van der Waals surface area contributed by atoms with Crippen LogP contribution in [0.2, 0.25) is 0 Å². The van der Waals surface area contributed by atoms with E-state index in [1.165, 1.54) is 6.08 Å². The van der Waals surface area contributed by atoms with Crippen molar-refractivity contribution in [3.8, 4) is 0 Å². The van der Waals surface area contributed by atoms with Crippen LogP contribution in [0, 0.1) is 0 Å². The van der Waals surface area contributed by atoms with Crippen LogP contribution < -0.4 is 5.32 Å². The van der Waals surface area contributed by atoms with Gasteiger partial charge in [-0.05, 0) is 35.3 Å². The first kappa shape index (κ1) is 14.9. The molecule has 0 saturated carbocycles. The molecular formula is C17H11NO4S. The van der Waals surface area contributed by atoms with Crippen LogP contribution in [0.4, 0.5) is 0 Å². The van der Waals surface area contributed by atoms with E-state index in [0.29, 0.717) is 5.39 Å². The van der Waals surface area contributed by atoms with Gasteiger partial charge in [0, 0.05) is 5.39 Å². The molecule has 0 aliphatic carbocycles. The smallest absolute Gasteiger partial charge is 0.336 e. The fourth-order valence-corrected chi connectivity index (χ4v) is 2.54. The van der Waals surface area contributed by atoms with Crippen molar-refractivity contribution in [2.45, 2.75) is 0 Å². The number of carbonyl (C=O) groups excluding carboxylic acids is 1. The van der Waals surface area contributed by atoms with Crippen molar-refractivity contribution < 1.29 is 19.4 Å². The summed E-state index contributed by atoms with van der Waals surface area (Å²) in [6.45, 7) is 0. The number of allylic oxidation sites excluding steroid dienone is 2. The quantitative estimate of drug-likeness (QED) is 0.670. The van der Waals surface area contributed by atoms with Gasteiger partial charge in [-0.25, -0.2) is 4.79 Å². The van der Waals surface area contributed by atoms with E-state index in [9.17, 15) is 14.7 Å². The third kappa shape index (κ3) is 2.97. The fraction of sp³-hybridized carbons (Fsp3) is 0. The van der Waals surface area contributed by atoms with Gasteiger partial charge < -0.3 is 9.84 Å². The number of benzene rings is 2. The monoisotopic (exact) mass is 325 g/mol. The predicted octanol–water partition coefficient (Wildman–Crippen LogP) is 2.87. The summed E-state index contributed by atoms with van der Waals surface area (Å²) in [7, 11) is 0. The number of ether oxygens (including phenoxy) is 1. The van der Waals surface area contributed by atoms with Crippen molar-refractivity contribution in [3.63, 3.8) is 0 Å². The van der Waals surface area contributed by atoms with Gasteiger partial charge in [-0.15, -0.1) is 0 Å². The number of nitrogens with one attached hydrogen (secondary N) is 1. The predicted molar refractivity (Wildman–Crippen MR) is 89.9 cm³/mol. The lowest BCUT2D eigenvalue weighted by Crippen LogP contribution is -2.18. The molecule has 2 aromatic rings. The van der Waals surface area contributed by atoms with Gasteiger partial charge in [0.2, 0.25) is 0 Å². The van der Waals surface area contributed by atoms with Gasteiger partial charge in [0.25, 0.3) is 11.1 Å². The van der Waals surface area contributed by atoms with Crippen LogP contribution in [0.15, 0.2) is 54.3 Å². The lowest BCUT2D eigenvalue weighted by Gasteiger charge is -2.06. The van der Waals surface area contributed by atoms with Crippen LogP contribution >= 0.6 is 12.2 Å². The second-order valence-electron chi connectivity index (χ2n) is 4.79. The molecule has 1 amide bonds. The maximum absolute atomic E-state index is 11.5. The first-order chi connectivity index (χ1) is 11.1. The lowest BCUT2D eigenvalue weighted by atomic mass is 9.99. The van der Waals surface area contributed by atoms with Gasteiger partial charge in [0.05, 0.1) is 5.56 Å². The first-order valence-electron chi connectivity index (χ1n) is 6.73. The largest absolute Gasteiger partial charge is 0.478 e. The first-order valence-corrected chi connectivity index (χ1v) is 7.13. The number of aromatic carboxylic acids is 1. The van der Waals surface area contributed by atoms with Crippen molar-refractivity contribution in [2.75, 3.05) is 0 Å². The summed E-state index contributed by atoms with van der Waals surface area (Å²) in [5.41, 5.74) is 0.963. The number of thiocarbonyl (C=S) groups is 1. The van der Waals surface area contributed by atoms with Crippen molar-refractivity contribution in [3.05, 3.63) is 65.4 Å². The third-order valence-electron chi connectivity index (χ3n) is 3.33. The van der Waals surface area contributed by atoms with Crippen LogP contribution in [0.3, 0.4) is 0 Å². The maximum atomic E-state index is 11.5. The molecule has 6 heteroatoms. The van der Waals surface area contributed by atoms with Crippen LogP contribution in [0.25, 0.3) is 16.8 Å². The summed E-state index contributed by atoms with van der Waals surface area (Å²) >= 11 is 4.74. The second-order valence-corrected chi connectivity index (χ2v) is 5.16. The lowest BCUT2D eigenvalue weighted by molar-refractivity contribution is -0.116. The van der Waals surface area contributed by atoms with E-state index in [1.807, 2.05) is 24.3 Å². The Morgan fingerprint density at radius 1 is 1.22 bits per heavy atom. The summed E-state index contributed by atoms with van der Waals surface area (Å²) in [4.78, 5) is 22.9. The molecule has 0 bridgehead atoms. The molecule has 0 spiro atoms. The van der Waals surface area contributed by atoms with Gasteiger partial charge in [-0.2, -0.15) is 0 Å². The van der Waals surface area contributed by atoms with Crippen LogP contribution in [-0.4, -0.2) is 22.2 Å². The molecule has 1 aliphatic rings. The van der Waals surface area contributed by atoms with Crippen molar-refractivity contribution >= 4 is 46.1 Å². The Bertz CT molecular complexity index is 893. The Morgan fingerprint density at radius 3 is 2.61 bits per heavy atom. The molecular weight excluding hydrogens is 314 g/mol. The van der Waals surface area contributed by atoms with Gasteiger partial charge in [-0.1, -0.05) is 42.5 Å². The fourth-order valence-electron chi connectivity index (χ4n) is 2.36. The number of rotatable bonds is 3. The SMILES string of the molecule is O=C1NC(=S)O/C1=C\C=C\c1cccc2cccc(C(=O)O)c12. The highest BCUT2D eigenvalue weighted by Gasteiger charge is 2.22. The van der Waals surface area contributed by atoms with Crippen LogP contribution in [0.5, 0.6) is 0 Å². The van der Waals surface area contributed by atoms with E-state index in [2.05, 4.69) is 5.32 Å². The molecule has 23 heavy (non-hydrogen) atoms. The number of carboxylic acid groups (broad SMARTS) is 1.